The number of benzene rings is 2. The van der Waals surface area contributed by atoms with Gasteiger partial charge in [-0.05, 0) is 42.6 Å². The normalized spacial score (nSPS) is 17.3. The summed E-state index contributed by atoms with van der Waals surface area (Å²) in [6.45, 7) is 13.5. The Morgan fingerprint density at radius 2 is 1.44 bits per heavy atom. The van der Waals surface area contributed by atoms with Crippen molar-refractivity contribution in [3.63, 3.8) is 0 Å². The number of ether oxygens (including phenoxy) is 1. The highest BCUT2D eigenvalue weighted by atomic mass is 28.4. The van der Waals surface area contributed by atoms with Crippen LogP contribution in [0.25, 0.3) is 0 Å². The van der Waals surface area contributed by atoms with Crippen LogP contribution in [0.4, 0.5) is 4.79 Å². The van der Waals surface area contributed by atoms with Crippen LogP contribution in [-0.2, 0) is 9.16 Å². The van der Waals surface area contributed by atoms with Gasteiger partial charge in [-0.25, -0.2) is 4.79 Å². The number of carbonyl (C=O) groups is 1. The lowest BCUT2D eigenvalue weighted by Crippen LogP contribution is -2.67. The molecule has 5 heteroatoms. The first-order valence-electron chi connectivity index (χ1n) is 11.4. The number of amides is 1. The second-order valence-corrected chi connectivity index (χ2v) is 14.8. The van der Waals surface area contributed by atoms with E-state index in [1.54, 1.807) is 0 Å². The minimum atomic E-state index is -2.65. The topological polar surface area (TPSA) is 38.8 Å². The van der Waals surface area contributed by atoms with Gasteiger partial charge in [0.15, 0.2) is 0 Å². The van der Waals surface area contributed by atoms with Crippen LogP contribution in [0.3, 0.4) is 0 Å². The van der Waals surface area contributed by atoms with Crippen molar-refractivity contribution in [2.75, 3.05) is 13.2 Å². The Morgan fingerprint density at radius 3 is 1.91 bits per heavy atom. The van der Waals surface area contributed by atoms with E-state index in [9.17, 15) is 4.79 Å². The predicted octanol–water partition coefficient (Wildman–Crippen LogP) is 5.13. The van der Waals surface area contributed by atoms with Crippen LogP contribution in [0.1, 0.15) is 48.0 Å². The van der Waals surface area contributed by atoms with Crippen molar-refractivity contribution in [2.24, 2.45) is 0 Å². The Labute approximate surface area is 194 Å². The molecule has 3 rings (SSSR count). The first kappa shape index (κ1) is 24.3. The summed E-state index contributed by atoms with van der Waals surface area (Å²) >= 11 is 0. The molecule has 32 heavy (non-hydrogen) atoms. The van der Waals surface area contributed by atoms with Gasteiger partial charge < -0.3 is 9.16 Å². The summed E-state index contributed by atoms with van der Waals surface area (Å²) in [4.78, 5) is 14.7. The van der Waals surface area contributed by atoms with Gasteiger partial charge in [0.05, 0.1) is 12.6 Å². The summed E-state index contributed by atoms with van der Waals surface area (Å²) < 4.78 is 12.8. The van der Waals surface area contributed by atoms with Crippen LogP contribution < -0.4 is 10.4 Å². The highest BCUT2D eigenvalue weighted by Crippen LogP contribution is 2.37. The van der Waals surface area contributed by atoms with E-state index in [2.05, 4.69) is 75.4 Å². The number of hydrogen-bond donors (Lipinski definition) is 0. The van der Waals surface area contributed by atoms with Crippen molar-refractivity contribution in [2.45, 2.75) is 64.6 Å². The lowest BCUT2D eigenvalue weighted by molar-refractivity contribution is 0.0124. The third-order valence-electron chi connectivity index (χ3n) is 5.85. The van der Waals surface area contributed by atoms with Gasteiger partial charge in [0, 0.05) is 6.54 Å². The Morgan fingerprint density at radius 1 is 0.906 bits per heavy atom. The molecule has 0 bridgehead atoms. The van der Waals surface area contributed by atoms with Crippen LogP contribution in [0.5, 0.6) is 0 Å². The van der Waals surface area contributed by atoms with Gasteiger partial charge in [-0.2, -0.15) is 0 Å². The molecule has 2 aromatic rings. The van der Waals surface area contributed by atoms with Gasteiger partial charge in [0.25, 0.3) is 8.32 Å². The van der Waals surface area contributed by atoms with Crippen LogP contribution in [0.2, 0.25) is 5.04 Å². The first-order valence-corrected chi connectivity index (χ1v) is 13.3. The summed E-state index contributed by atoms with van der Waals surface area (Å²) in [5.74, 6) is 0. The standard InChI is InChI=1S/C27H37NO3Si/c1-26(2,3)31-25(29)28-20-14-13-15-22(28)21-30-32(27(4,5)6,23-16-9-7-10-17-23)24-18-11-8-12-19-24/h7-14,16-19,22H,15,20-21H2,1-6H3/t22-/m0/s1. The molecule has 4 nitrogen and oxygen atoms in total. The molecule has 0 radical (unpaired) electrons. The lowest BCUT2D eigenvalue weighted by atomic mass is 10.1. The molecular formula is C27H37NO3Si. The molecular weight excluding hydrogens is 414 g/mol. The lowest BCUT2D eigenvalue weighted by Gasteiger charge is -2.44. The largest absolute Gasteiger partial charge is 0.444 e. The van der Waals surface area contributed by atoms with E-state index in [1.165, 1.54) is 10.4 Å². The maximum atomic E-state index is 12.9. The van der Waals surface area contributed by atoms with Crippen LogP contribution >= 0.6 is 0 Å². The minimum Gasteiger partial charge on any atom is -0.444 e. The Hall–Kier alpha value is -2.37. The molecule has 0 aromatic heterocycles. The molecule has 1 heterocycles. The van der Waals surface area contributed by atoms with Gasteiger partial charge in [0.1, 0.15) is 5.60 Å². The molecule has 172 valence electrons. The molecule has 1 amide bonds. The monoisotopic (exact) mass is 451 g/mol. The van der Waals surface area contributed by atoms with Crippen molar-refractivity contribution in [1.82, 2.24) is 4.90 Å². The van der Waals surface area contributed by atoms with E-state index in [0.29, 0.717) is 13.2 Å². The number of rotatable bonds is 5. The van der Waals surface area contributed by atoms with Crippen LogP contribution in [0, 0.1) is 0 Å². The summed E-state index contributed by atoms with van der Waals surface area (Å²) in [5.41, 5.74) is -0.526. The van der Waals surface area contributed by atoms with E-state index in [0.717, 1.165) is 6.42 Å². The van der Waals surface area contributed by atoms with E-state index in [1.807, 2.05) is 43.9 Å². The van der Waals surface area contributed by atoms with Crippen LogP contribution in [0.15, 0.2) is 72.8 Å². The van der Waals surface area contributed by atoms with Crippen molar-refractivity contribution >= 4 is 24.8 Å². The van der Waals surface area contributed by atoms with Gasteiger partial charge in [-0.1, -0.05) is 93.6 Å². The SMILES string of the molecule is CC(C)(C)OC(=O)N1CC=CC[C@H]1CO[Si](c1ccccc1)(c1ccccc1)C(C)(C)C. The molecule has 0 fully saturated rings. The Balaban J connectivity index is 1.97. The molecule has 0 aliphatic carbocycles. The first-order chi connectivity index (χ1) is 15.0. The predicted molar refractivity (Wildman–Crippen MR) is 134 cm³/mol. The molecule has 0 saturated carbocycles. The maximum Gasteiger partial charge on any atom is 0.410 e. The van der Waals surface area contributed by atoms with E-state index < -0.39 is 13.9 Å². The maximum absolute atomic E-state index is 12.9. The Bertz CT molecular complexity index is 874. The molecule has 2 aromatic carbocycles. The smallest absolute Gasteiger partial charge is 0.410 e. The molecule has 1 atom stereocenters. The van der Waals surface area contributed by atoms with Gasteiger partial charge in [0.2, 0.25) is 0 Å². The highest BCUT2D eigenvalue weighted by Gasteiger charge is 2.50. The zero-order valence-corrected chi connectivity index (χ0v) is 21.3. The molecule has 0 saturated heterocycles. The quantitative estimate of drug-likeness (QED) is 0.467. The van der Waals surface area contributed by atoms with Crippen LogP contribution in [-0.4, -0.2) is 44.1 Å². The average Bonchev–Trinajstić information content (AvgIpc) is 2.74. The van der Waals surface area contributed by atoms with E-state index in [4.69, 9.17) is 9.16 Å². The van der Waals surface area contributed by atoms with E-state index in [-0.39, 0.29) is 17.2 Å². The number of carbonyl (C=O) groups excluding carboxylic acids is 1. The average molecular weight is 452 g/mol. The second-order valence-electron chi connectivity index (χ2n) is 10.5. The van der Waals surface area contributed by atoms with Crippen molar-refractivity contribution < 1.29 is 14.0 Å². The number of nitrogens with zero attached hydrogens (tertiary/aromatic N) is 1. The summed E-state index contributed by atoms with van der Waals surface area (Å²) in [6, 6.07) is 21.2. The molecule has 0 N–H and O–H groups in total. The molecule has 1 aliphatic rings. The number of hydrogen-bond acceptors (Lipinski definition) is 3. The molecule has 1 aliphatic heterocycles. The molecule has 0 spiro atoms. The second kappa shape index (κ2) is 9.63. The summed E-state index contributed by atoms with van der Waals surface area (Å²) in [5, 5.41) is 2.39. The fourth-order valence-corrected chi connectivity index (χ4v) is 9.00. The molecule has 0 unspecified atom stereocenters. The zero-order valence-electron chi connectivity index (χ0n) is 20.3. The van der Waals surface area contributed by atoms with E-state index >= 15 is 0 Å². The van der Waals surface area contributed by atoms with Crippen molar-refractivity contribution in [3.05, 3.63) is 72.8 Å². The third-order valence-corrected chi connectivity index (χ3v) is 10.9. The zero-order chi connectivity index (χ0) is 23.4. The highest BCUT2D eigenvalue weighted by molar-refractivity contribution is 6.99. The fraction of sp³-hybridized carbons (Fsp3) is 0.444. The van der Waals surface area contributed by atoms with Crippen molar-refractivity contribution in [1.29, 1.82) is 0 Å². The minimum absolute atomic E-state index is 0.0588. The van der Waals surface area contributed by atoms with Crippen molar-refractivity contribution in [3.8, 4) is 0 Å². The summed E-state index contributed by atoms with van der Waals surface area (Å²) in [6.07, 6.45) is 4.65. The van der Waals surface area contributed by atoms with Gasteiger partial charge >= 0.3 is 6.09 Å². The van der Waals surface area contributed by atoms with Gasteiger partial charge in [-0.15, -0.1) is 0 Å². The summed E-state index contributed by atoms with van der Waals surface area (Å²) in [7, 11) is -2.65. The third kappa shape index (κ3) is 5.33. The van der Waals surface area contributed by atoms with Gasteiger partial charge in [-0.3, -0.25) is 4.90 Å². The fourth-order valence-electron chi connectivity index (χ4n) is 4.40. The Kier molecular flexibility index (Phi) is 7.31.